The number of rotatable bonds is 12. The number of hydrogen-bond donors (Lipinski definition) is 6. The molecule has 0 saturated carbocycles. The van der Waals surface area contributed by atoms with Gasteiger partial charge in [-0.25, -0.2) is 4.79 Å². The van der Waals surface area contributed by atoms with Gasteiger partial charge < -0.3 is 35.6 Å². The van der Waals surface area contributed by atoms with Crippen LogP contribution in [0.25, 0.3) is 0 Å². The monoisotopic (exact) mass is 403 g/mol. The maximum absolute atomic E-state index is 12.8. The van der Waals surface area contributed by atoms with Crippen LogP contribution in [-0.2, 0) is 14.3 Å². The van der Waals surface area contributed by atoms with Crippen molar-refractivity contribution in [2.45, 2.75) is 82.8 Å². The Bertz CT molecular complexity index is 530. The van der Waals surface area contributed by atoms with E-state index in [1.807, 2.05) is 13.8 Å². The molecule has 0 fully saturated rings. The lowest BCUT2D eigenvalue weighted by atomic mass is 9.91. The van der Waals surface area contributed by atoms with Gasteiger partial charge in [0.1, 0.15) is 18.3 Å². The standard InChI is InChI=1S/C19H33NO8/c1-3-5-7-11(8-6-4-2)18(25)20-15-12(22)9-14(19(26)27)28-17(15)16(24)13(23)10-21/h9,11-13,15-17,21-24H,3-8,10H2,1-2H3,(H,20,25)(H,26,27)/t12-,13+,15+,16+,17+/m0/s1. The van der Waals surface area contributed by atoms with Crippen LogP contribution in [0.15, 0.2) is 11.8 Å². The highest BCUT2D eigenvalue weighted by Gasteiger charge is 2.43. The van der Waals surface area contributed by atoms with Gasteiger partial charge in [0.25, 0.3) is 0 Å². The first-order chi connectivity index (χ1) is 13.3. The number of carbonyl (C=O) groups excluding carboxylic acids is 1. The molecule has 0 aliphatic carbocycles. The first-order valence-corrected chi connectivity index (χ1v) is 9.83. The van der Waals surface area contributed by atoms with Gasteiger partial charge in [-0.05, 0) is 18.9 Å². The molecule has 1 rings (SSSR count). The summed E-state index contributed by atoms with van der Waals surface area (Å²) in [5, 5.41) is 51.2. The van der Waals surface area contributed by atoms with Gasteiger partial charge in [0.05, 0.1) is 12.6 Å². The Morgan fingerprint density at radius 3 is 2.21 bits per heavy atom. The van der Waals surface area contributed by atoms with E-state index in [9.17, 15) is 24.9 Å². The Hall–Kier alpha value is -1.68. The van der Waals surface area contributed by atoms with Crippen molar-refractivity contribution in [3.8, 4) is 0 Å². The molecule has 28 heavy (non-hydrogen) atoms. The third kappa shape index (κ3) is 6.73. The van der Waals surface area contributed by atoms with E-state index < -0.39 is 48.8 Å². The van der Waals surface area contributed by atoms with Gasteiger partial charge >= 0.3 is 5.97 Å². The van der Waals surface area contributed by atoms with Gasteiger partial charge in [0, 0.05) is 5.92 Å². The maximum atomic E-state index is 12.8. The largest absolute Gasteiger partial charge is 0.478 e. The van der Waals surface area contributed by atoms with Crippen molar-refractivity contribution >= 4 is 11.9 Å². The van der Waals surface area contributed by atoms with Crippen molar-refractivity contribution in [1.82, 2.24) is 5.32 Å². The Balaban J connectivity index is 3.02. The van der Waals surface area contributed by atoms with E-state index in [1.165, 1.54) is 0 Å². The smallest absolute Gasteiger partial charge is 0.370 e. The van der Waals surface area contributed by atoms with Crippen LogP contribution >= 0.6 is 0 Å². The highest BCUT2D eigenvalue weighted by molar-refractivity contribution is 5.85. The molecule has 9 heteroatoms. The summed E-state index contributed by atoms with van der Waals surface area (Å²) in [4.78, 5) is 24.0. The van der Waals surface area contributed by atoms with Crippen LogP contribution in [0.1, 0.15) is 52.4 Å². The fourth-order valence-corrected chi connectivity index (χ4v) is 3.20. The van der Waals surface area contributed by atoms with Crippen LogP contribution in [0, 0.1) is 5.92 Å². The van der Waals surface area contributed by atoms with E-state index in [2.05, 4.69) is 5.32 Å². The summed E-state index contributed by atoms with van der Waals surface area (Å²) < 4.78 is 5.22. The Morgan fingerprint density at radius 1 is 1.18 bits per heavy atom. The molecule has 0 unspecified atom stereocenters. The number of nitrogens with one attached hydrogen (secondary N) is 1. The molecule has 1 aliphatic heterocycles. The first-order valence-electron chi connectivity index (χ1n) is 9.83. The molecule has 162 valence electrons. The molecule has 0 aromatic rings. The van der Waals surface area contributed by atoms with Crippen LogP contribution < -0.4 is 5.32 Å². The topological polar surface area (TPSA) is 157 Å². The molecule has 1 aliphatic rings. The van der Waals surface area contributed by atoms with Crippen molar-refractivity contribution in [3.05, 3.63) is 11.8 Å². The summed E-state index contributed by atoms with van der Waals surface area (Å²) >= 11 is 0. The number of carboxylic acid groups (broad SMARTS) is 1. The molecule has 0 aromatic carbocycles. The van der Waals surface area contributed by atoms with Gasteiger partial charge in [-0.2, -0.15) is 0 Å². The maximum Gasteiger partial charge on any atom is 0.370 e. The van der Waals surface area contributed by atoms with E-state index >= 15 is 0 Å². The Kier molecular flexibility index (Phi) is 10.4. The van der Waals surface area contributed by atoms with Crippen LogP contribution in [0.3, 0.4) is 0 Å². The van der Waals surface area contributed by atoms with Crippen LogP contribution in [0.5, 0.6) is 0 Å². The van der Waals surface area contributed by atoms with Crippen molar-refractivity contribution < 1.29 is 39.9 Å². The quantitative estimate of drug-likeness (QED) is 0.264. The molecule has 0 saturated heterocycles. The minimum Gasteiger partial charge on any atom is -0.478 e. The second-order valence-corrected chi connectivity index (χ2v) is 7.17. The molecule has 0 aromatic heterocycles. The zero-order valence-electron chi connectivity index (χ0n) is 16.5. The van der Waals surface area contributed by atoms with Crippen LogP contribution in [0.2, 0.25) is 0 Å². The summed E-state index contributed by atoms with van der Waals surface area (Å²) in [6, 6.07) is -1.17. The number of unbranched alkanes of at least 4 members (excludes halogenated alkanes) is 2. The third-order valence-electron chi connectivity index (χ3n) is 4.93. The number of ether oxygens (including phenoxy) is 1. The molecular weight excluding hydrogens is 370 g/mol. The molecule has 9 nitrogen and oxygen atoms in total. The molecule has 5 atom stereocenters. The second-order valence-electron chi connectivity index (χ2n) is 7.17. The normalized spacial score (nSPS) is 24.2. The van der Waals surface area contributed by atoms with Crippen molar-refractivity contribution in [2.24, 2.45) is 5.92 Å². The zero-order valence-corrected chi connectivity index (χ0v) is 16.5. The van der Waals surface area contributed by atoms with E-state index in [4.69, 9.17) is 14.9 Å². The van der Waals surface area contributed by atoms with Crippen molar-refractivity contribution in [2.75, 3.05) is 6.61 Å². The molecule has 1 heterocycles. The van der Waals surface area contributed by atoms with Gasteiger partial charge in [-0.3, -0.25) is 4.79 Å². The lowest BCUT2D eigenvalue weighted by molar-refractivity contribution is -0.150. The van der Waals surface area contributed by atoms with E-state index in [-0.39, 0.29) is 11.8 Å². The fourth-order valence-electron chi connectivity index (χ4n) is 3.20. The number of carboxylic acids is 1. The molecule has 0 radical (unpaired) electrons. The first kappa shape index (κ1) is 24.4. The van der Waals surface area contributed by atoms with Crippen molar-refractivity contribution in [1.29, 1.82) is 0 Å². The molecule has 0 spiro atoms. The summed E-state index contributed by atoms with van der Waals surface area (Å²) in [6.45, 7) is 3.25. The number of aliphatic hydroxyl groups excluding tert-OH is 4. The summed E-state index contributed by atoms with van der Waals surface area (Å²) in [6.07, 6.45) is -0.327. The molecule has 6 N–H and O–H groups in total. The Labute approximate surface area is 165 Å². The highest BCUT2D eigenvalue weighted by Crippen LogP contribution is 2.24. The van der Waals surface area contributed by atoms with Crippen molar-refractivity contribution in [3.63, 3.8) is 0 Å². The SMILES string of the molecule is CCCCC(CCCC)C(=O)N[C@H]1[C@H]([C@H](O)[C@H](O)CO)OC(C(=O)O)=C[C@@H]1O. The lowest BCUT2D eigenvalue weighted by Gasteiger charge is -2.38. The summed E-state index contributed by atoms with van der Waals surface area (Å²) in [5.74, 6) is -2.65. The summed E-state index contributed by atoms with van der Waals surface area (Å²) in [7, 11) is 0. The predicted octanol–water partition coefficient (Wildman–Crippen LogP) is -0.0899. The van der Waals surface area contributed by atoms with E-state index in [0.29, 0.717) is 12.8 Å². The zero-order chi connectivity index (χ0) is 21.3. The number of aliphatic carboxylic acids is 1. The van der Waals surface area contributed by atoms with E-state index in [1.54, 1.807) is 0 Å². The number of amides is 1. The third-order valence-corrected chi connectivity index (χ3v) is 4.93. The average molecular weight is 403 g/mol. The van der Waals surface area contributed by atoms with Gasteiger partial charge in [0.15, 0.2) is 6.10 Å². The van der Waals surface area contributed by atoms with E-state index in [0.717, 1.165) is 31.8 Å². The molecule has 0 bridgehead atoms. The average Bonchev–Trinajstić information content (AvgIpc) is 2.67. The molecular formula is C19H33NO8. The van der Waals surface area contributed by atoms with Gasteiger partial charge in [-0.1, -0.05) is 39.5 Å². The van der Waals surface area contributed by atoms with Gasteiger partial charge in [0.2, 0.25) is 11.7 Å². The minimum absolute atomic E-state index is 0.280. The van der Waals surface area contributed by atoms with Crippen LogP contribution in [-0.4, -0.2) is 74.5 Å². The highest BCUT2D eigenvalue weighted by atomic mass is 16.5. The van der Waals surface area contributed by atoms with Gasteiger partial charge in [-0.15, -0.1) is 0 Å². The van der Waals surface area contributed by atoms with Crippen LogP contribution in [0.4, 0.5) is 0 Å². The number of aliphatic hydroxyl groups is 4. The fraction of sp³-hybridized carbons (Fsp3) is 0.789. The second kappa shape index (κ2) is 12.0. The summed E-state index contributed by atoms with van der Waals surface area (Å²) in [5.41, 5.74) is 0. The number of hydrogen-bond acceptors (Lipinski definition) is 7. The minimum atomic E-state index is -1.71. The predicted molar refractivity (Wildman–Crippen MR) is 100 cm³/mol. The number of carbonyl (C=O) groups is 2. The molecule has 1 amide bonds. The Morgan fingerprint density at radius 2 is 1.75 bits per heavy atom. The lowest BCUT2D eigenvalue weighted by Crippen LogP contribution is -2.60.